The van der Waals surface area contributed by atoms with Crippen molar-refractivity contribution < 1.29 is 0 Å². The molecule has 1 heterocycles. The van der Waals surface area contributed by atoms with Crippen LogP contribution >= 0.6 is 11.3 Å². The van der Waals surface area contributed by atoms with E-state index in [9.17, 15) is 0 Å². The molecule has 0 radical (unpaired) electrons. The number of thiophene rings is 1. The summed E-state index contributed by atoms with van der Waals surface area (Å²) in [5.41, 5.74) is 15.4. The van der Waals surface area contributed by atoms with Crippen LogP contribution in [-0.2, 0) is 0 Å². The van der Waals surface area contributed by atoms with Crippen molar-refractivity contribution in [3.05, 3.63) is 237 Å². The zero-order chi connectivity index (χ0) is 39.8. The van der Waals surface area contributed by atoms with Crippen molar-refractivity contribution in [2.24, 2.45) is 0 Å². The van der Waals surface area contributed by atoms with Gasteiger partial charge in [0, 0.05) is 37.2 Å². The van der Waals surface area contributed by atoms with Crippen molar-refractivity contribution in [3.8, 4) is 55.6 Å². The fraction of sp³-hybridized carbons (Fsp3) is 0. The normalized spacial score (nSPS) is 11.3. The average Bonchev–Trinajstić information content (AvgIpc) is 3.70. The summed E-state index contributed by atoms with van der Waals surface area (Å²) in [6.07, 6.45) is 0. The minimum Gasteiger partial charge on any atom is -0.310 e. The van der Waals surface area contributed by atoms with Crippen molar-refractivity contribution >= 4 is 59.3 Å². The molecule has 0 fully saturated rings. The first kappa shape index (κ1) is 35.6. The Morgan fingerprint density at radius 1 is 0.233 bits per heavy atom. The van der Waals surface area contributed by atoms with Gasteiger partial charge >= 0.3 is 0 Å². The molecule has 0 aliphatic rings. The lowest BCUT2D eigenvalue weighted by Crippen LogP contribution is -2.09. The van der Waals surface area contributed by atoms with E-state index < -0.39 is 0 Å². The largest absolute Gasteiger partial charge is 0.310 e. The molecule has 0 aliphatic heterocycles. The Morgan fingerprint density at radius 2 is 0.650 bits per heavy atom. The van der Waals surface area contributed by atoms with Gasteiger partial charge in [0.1, 0.15) is 0 Å². The van der Waals surface area contributed by atoms with Crippen LogP contribution in [0, 0.1) is 0 Å². The van der Waals surface area contributed by atoms with Crippen molar-refractivity contribution in [1.82, 2.24) is 0 Å². The molecule has 0 saturated carbocycles. The molecule has 0 atom stereocenters. The van der Waals surface area contributed by atoms with Gasteiger partial charge < -0.3 is 4.90 Å². The van der Waals surface area contributed by atoms with Crippen LogP contribution in [0.2, 0.25) is 0 Å². The molecule has 0 N–H and O–H groups in total. The molecule has 60 heavy (non-hydrogen) atoms. The summed E-state index contributed by atoms with van der Waals surface area (Å²) in [7, 11) is 0. The van der Waals surface area contributed by atoms with Crippen molar-refractivity contribution in [2.75, 3.05) is 4.90 Å². The van der Waals surface area contributed by atoms with E-state index in [0.717, 1.165) is 17.1 Å². The summed E-state index contributed by atoms with van der Waals surface area (Å²) < 4.78 is 2.61. The minimum absolute atomic E-state index is 1.11. The molecule has 1 aromatic heterocycles. The van der Waals surface area contributed by atoms with E-state index in [1.165, 1.54) is 86.6 Å². The van der Waals surface area contributed by atoms with E-state index in [2.05, 4.69) is 241 Å². The van der Waals surface area contributed by atoms with Crippen LogP contribution in [0.15, 0.2) is 237 Å². The summed E-state index contributed by atoms with van der Waals surface area (Å²) in [6, 6.07) is 86.1. The molecular weight excluding hydrogens is 743 g/mol. The molecule has 0 bridgehead atoms. The first-order chi connectivity index (χ1) is 29.7. The fourth-order valence-electron chi connectivity index (χ4n) is 8.52. The first-order valence-corrected chi connectivity index (χ1v) is 21.3. The number of hydrogen-bond donors (Lipinski definition) is 0. The molecule has 0 spiro atoms. The van der Waals surface area contributed by atoms with Crippen LogP contribution in [0.25, 0.3) is 86.6 Å². The zero-order valence-electron chi connectivity index (χ0n) is 32.9. The highest BCUT2D eigenvalue weighted by molar-refractivity contribution is 7.25. The maximum Gasteiger partial charge on any atom is 0.0468 e. The van der Waals surface area contributed by atoms with Crippen LogP contribution in [0.3, 0.4) is 0 Å². The number of fused-ring (bicyclic) bond motifs is 4. The van der Waals surface area contributed by atoms with Crippen molar-refractivity contribution in [2.45, 2.75) is 0 Å². The lowest BCUT2D eigenvalue weighted by atomic mass is 9.95. The van der Waals surface area contributed by atoms with Gasteiger partial charge in [-0.25, -0.2) is 0 Å². The molecule has 10 aromatic carbocycles. The molecule has 282 valence electrons. The molecule has 1 nitrogen and oxygen atoms in total. The summed E-state index contributed by atoms with van der Waals surface area (Å²) in [5.74, 6) is 0. The maximum absolute atomic E-state index is 2.38. The molecule has 0 aliphatic carbocycles. The van der Waals surface area contributed by atoms with Gasteiger partial charge in [0.25, 0.3) is 0 Å². The minimum atomic E-state index is 1.11. The van der Waals surface area contributed by atoms with Crippen LogP contribution in [0.5, 0.6) is 0 Å². The Bertz CT molecular complexity index is 3290. The summed E-state index contributed by atoms with van der Waals surface area (Å²) >= 11 is 1.85. The number of nitrogens with zero attached hydrogens (tertiary/aromatic N) is 1. The highest BCUT2D eigenvalue weighted by Gasteiger charge is 2.16. The molecule has 2 heteroatoms. The molecular formula is C58H39NS. The number of anilines is 3. The summed E-state index contributed by atoms with van der Waals surface area (Å²) in [6.45, 7) is 0. The van der Waals surface area contributed by atoms with Crippen molar-refractivity contribution in [1.29, 1.82) is 0 Å². The van der Waals surface area contributed by atoms with Gasteiger partial charge in [-0.1, -0.05) is 170 Å². The third-order valence-corrected chi connectivity index (χ3v) is 12.8. The Morgan fingerprint density at radius 3 is 1.28 bits per heavy atom. The van der Waals surface area contributed by atoms with Crippen LogP contribution in [0.4, 0.5) is 17.1 Å². The number of hydrogen-bond acceptors (Lipinski definition) is 2. The van der Waals surface area contributed by atoms with Gasteiger partial charge in [0.05, 0.1) is 0 Å². The summed E-state index contributed by atoms with van der Waals surface area (Å²) in [5, 5.41) is 5.10. The van der Waals surface area contributed by atoms with E-state index >= 15 is 0 Å². The Hall–Kier alpha value is -7.52. The van der Waals surface area contributed by atoms with E-state index in [4.69, 9.17) is 0 Å². The van der Waals surface area contributed by atoms with E-state index in [-0.39, 0.29) is 0 Å². The topological polar surface area (TPSA) is 3.24 Å². The second-order valence-corrected chi connectivity index (χ2v) is 16.5. The first-order valence-electron chi connectivity index (χ1n) is 20.5. The zero-order valence-corrected chi connectivity index (χ0v) is 33.7. The molecule has 0 unspecified atom stereocenters. The quantitative estimate of drug-likeness (QED) is 0.148. The third kappa shape index (κ3) is 6.83. The van der Waals surface area contributed by atoms with Crippen LogP contribution in [-0.4, -0.2) is 0 Å². The number of benzene rings is 10. The molecule has 0 saturated heterocycles. The molecule has 11 aromatic rings. The van der Waals surface area contributed by atoms with E-state index in [0.29, 0.717) is 0 Å². The van der Waals surface area contributed by atoms with Gasteiger partial charge in [-0.2, -0.15) is 0 Å². The molecule has 11 rings (SSSR count). The van der Waals surface area contributed by atoms with Gasteiger partial charge in [0.2, 0.25) is 0 Å². The Labute approximate surface area is 354 Å². The Balaban J connectivity index is 0.926. The fourth-order valence-corrected chi connectivity index (χ4v) is 9.60. The average molecular weight is 782 g/mol. The smallest absolute Gasteiger partial charge is 0.0468 e. The van der Waals surface area contributed by atoms with Crippen LogP contribution in [0.1, 0.15) is 0 Å². The predicted molar refractivity (Wildman–Crippen MR) is 259 cm³/mol. The van der Waals surface area contributed by atoms with Gasteiger partial charge in [-0.3, -0.25) is 0 Å². The van der Waals surface area contributed by atoms with E-state index in [1.807, 2.05) is 11.3 Å². The van der Waals surface area contributed by atoms with Gasteiger partial charge in [-0.05, 0) is 133 Å². The predicted octanol–water partition coefficient (Wildman–Crippen LogP) is 17.0. The SMILES string of the molecule is c1ccc(-c2ccc(-c3ccc(N(c4ccc(-c5cccc(-c6cccc(-c7ccc8ccccc8c7)c6)c5)cc4)c4ccc5sc6ccccc6c5c4)cc3)cc2)cc1. The van der Waals surface area contributed by atoms with E-state index in [1.54, 1.807) is 0 Å². The van der Waals surface area contributed by atoms with Crippen LogP contribution < -0.4 is 4.90 Å². The lowest BCUT2D eigenvalue weighted by molar-refractivity contribution is 1.29. The number of rotatable bonds is 8. The monoisotopic (exact) mass is 781 g/mol. The summed E-state index contributed by atoms with van der Waals surface area (Å²) in [4.78, 5) is 2.38. The second kappa shape index (κ2) is 15.3. The standard InChI is InChI=1S/C58H39NS/c1-2-10-40(11-3-1)42-20-22-43(23-21-42)44-26-30-52(31-27-44)59(54-34-35-58-56(39-54)55-18-6-7-19-57(55)60-58)53-32-28-45(29-33-53)47-14-8-15-48(36-47)49-16-9-17-50(38-49)51-25-24-41-12-4-5-13-46(41)37-51/h1-39H. The maximum atomic E-state index is 2.38. The third-order valence-electron chi connectivity index (χ3n) is 11.7. The Kier molecular flexibility index (Phi) is 9.11. The lowest BCUT2D eigenvalue weighted by Gasteiger charge is -2.26. The van der Waals surface area contributed by atoms with Gasteiger partial charge in [-0.15, -0.1) is 11.3 Å². The van der Waals surface area contributed by atoms with Crippen molar-refractivity contribution in [3.63, 3.8) is 0 Å². The van der Waals surface area contributed by atoms with Gasteiger partial charge in [0.15, 0.2) is 0 Å². The second-order valence-electron chi connectivity index (χ2n) is 15.4. The highest BCUT2D eigenvalue weighted by atomic mass is 32.1. The highest BCUT2D eigenvalue weighted by Crippen LogP contribution is 2.42. The molecule has 0 amide bonds.